The van der Waals surface area contributed by atoms with Gasteiger partial charge in [-0.2, -0.15) is 0 Å². The van der Waals surface area contributed by atoms with Crippen molar-refractivity contribution in [3.63, 3.8) is 0 Å². The van der Waals surface area contributed by atoms with E-state index in [2.05, 4.69) is 14.9 Å². The van der Waals surface area contributed by atoms with Crippen LogP contribution < -0.4 is 10.0 Å². The third kappa shape index (κ3) is 4.89. The SMILES string of the molecule is CC(NS(=O)(=O)c1ccc(CN2CCNCC2)cc1)c1ccccc1. The minimum atomic E-state index is -3.53. The summed E-state index contributed by atoms with van der Waals surface area (Å²) >= 11 is 0. The van der Waals surface area contributed by atoms with Crippen LogP contribution in [0.15, 0.2) is 59.5 Å². The maximum atomic E-state index is 12.6. The molecule has 6 heteroatoms. The van der Waals surface area contributed by atoms with E-state index >= 15 is 0 Å². The first-order valence-corrected chi connectivity index (χ1v) is 10.1. The quantitative estimate of drug-likeness (QED) is 0.829. The van der Waals surface area contributed by atoms with Crippen molar-refractivity contribution in [2.24, 2.45) is 0 Å². The van der Waals surface area contributed by atoms with Crippen molar-refractivity contribution < 1.29 is 8.42 Å². The highest BCUT2D eigenvalue weighted by molar-refractivity contribution is 7.89. The lowest BCUT2D eigenvalue weighted by atomic mass is 10.1. The molecule has 0 radical (unpaired) electrons. The molecule has 2 aromatic carbocycles. The van der Waals surface area contributed by atoms with Crippen LogP contribution in [0.25, 0.3) is 0 Å². The average molecular weight is 359 g/mol. The van der Waals surface area contributed by atoms with Crippen LogP contribution in [0.5, 0.6) is 0 Å². The lowest BCUT2D eigenvalue weighted by Gasteiger charge is -2.27. The Morgan fingerprint density at radius 3 is 2.32 bits per heavy atom. The van der Waals surface area contributed by atoms with Gasteiger partial charge >= 0.3 is 0 Å². The van der Waals surface area contributed by atoms with Gasteiger partial charge in [0.25, 0.3) is 0 Å². The highest BCUT2D eigenvalue weighted by Crippen LogP contribution is 2.17. The second kappa shape index (κ2) is 8.10. The maximum Gasteiger partial charge on any atom is 0.241 e. The van der Waals surface area contributed by atoms with Crippen LogP contribution >= 0.6 is 0 Å². The molecule has 0 aromatic heterocycles. The molecule has 1 atom stereocenters. The van der Waals surface area contributed by atoms with E-state index in [9.17, 15) is 8.42 Å². The molecule has 2 aromatic rings. The fourth-order valence-electron chi connectivity index (χ4n) is 3.01. The smallest absolute Gasteiger partial charge is 0.241 e. The third-order valence-corrected chi connectivity index (χ3v) is 6.04. The number of benzene rings is 2. The van der Waals surface area contributed by atoms with Gasteiger partial charge in [0.15, 0.2) is 0 Å². The number of rotatable bonds is 6. The molecule has 0 spiro atoms. The molecular formula is C19H25N3O2S. The molecule has 2 N–H and O–H groups in total. The van der Waals surface area contributed by atoms with Crippen molar-refractivity contribution in [2.75, 3.05) is 26.2 Å². The summed E-state index contributed by atoms with van der Waals surface area (Å²) in [5, 5.41) is 3.33. The van der Waals surface area contributed by atoms with E-state index in [1.807, 2.05) is 49.4 Å². The predicted octanol–water partition coefficient (Wildman–Crippen LogP) is 2.13. The summed E-state index contributed by atoms with van der Waals surface area (Å²) in [6.45, 7) is 6.77. The van der Waals surface area contributed by atoms with Crippen molar-refractivity contribution in [3.8, 4) is 0 Å². The molecule has 134 valence electrons. The Labute approximate surface area is 150 Å². The zero-order chi connectivity index (χ0) is 17.7. The number of sulfonamides is 1. The zero-order valence-corrected chi connectivity index (χ0v) is 15.3. The van der Waals surface area contributed by atoms with Crippen LogP contribution in [0, 0.1) is 0 Å². The number of nitrogens with zero attached hydrogens (tertiary/aromatic N) is 1. The van der Waals surface area contributed by atoms with Crippen LogP contribution in [0.4, 0.5) is 0 Å². The lowest BCUT2D eigenvalue weighted by Crippen LogP contribution is -2.42. The van der Waals surface area contributed by atoms with Crippen LogP contribution in [0.1, 0.15) is 24.1 Å². The van der Waals surface area contributed by atoms with Gasteiger partial charge < -0.3 is 5.32 Å². The summed E-state index contributed by atoms with van der Waals surface area (Å²) in [5.74, 6) is 0. The van der Waals surface area contributed by atoms with E-state index in [4.69, 9.17) is 0 Å². The topological polar surface area (TPSA) is 61.4 Å². The van der Waals surface area contributed by atoms with Gasteiger partial charge in [-0.25, -0.2) is 13.1 Å². The standard InChI is InChI=1S/C19H25N3O2S/c1-16(18-5-3-2-4-6-18)21-25(23,24)19-9-7-17(8-10-19)15-22-13-11-20-12-14-22/h2-10,16,20-21H,11-15H2,1H3. The molecule has 3 rings (SSSR count). The van der Waals surface area contributed by atoms with Gasteiger partial charge in [-0.3, -0.25) is 4.90 Å². The molecule has 0 bridgehead atoms. The first-order chi connectivity index (χ1) is 12.0. The Morgan fingerprint density at radius 2 is 1.68 bits per heavy atom. The van der Waals surface area contributed by atoms with Crippen molar-refractivity contribution in [1.82, 2.24) is 14.9 Å². The summed E-state index contributed by atoms with van der Waals surface area (Å²) in [6, 6.07) is 16.5. The van der Waals surface area contributed by atoms with Crippen LogP contribution in [0.3, 0.4) is 0 Å². The number of hydrogen-bond acceptors (Lipinski definition) is 4. The molecule has 1 unspecified atom stereocenters. The minimum Gasteiger partial charge on any atom is -0.314 e. The highest BCUT2D eigenvalue weighted by Gasteiger charge is 2.18. The predicted molar refractivity (Wildman–Crippen MR) is 99.8 cm³/mol. The monoisotopic (exact) mass is 359 g/mol. The van der Waals surface area contributed by atoms with E-state index in [1.165, 1.54) is 0 Å². The van der Waals surface area contributed by atoms with E-state index in [1.54, 1.807) is 12.1 Å². The number of hydrogen-bond donors (Lipinski definition) is 2. The molecule has 1 saturated heterocycles. The van der Waals surface area contributed by atoms with Gasteiger partial charge in [0.1, 0.15) is 0 Å². The molecular weight excluding hydrogens is 334 g/mol. The summed E-state index contributed by atoms with van der Waals surface area (Å²) in [5.41, 5.74) is 2.08. The molecule has 0 aliphatic carbocycles. The number of piperazine rings is 1. The Kier molecular flexibility index (Phi) is 5.86. The van der Waals surface area contributed by atoms with Gasteiger partial charge in [-0.15, -0.1) is 0 Å². The first-order valence-electron chi connectivity index (χ1n) is 8.64. The van der Waals surface area contributed by atoms with Gasteiger partial charge in [0, 0.05) is 38.8 Å². The minimum absolute atomic E-state index is 0.272. The van der Waals surface area contributed by atoms with Gasteiger partial charge in [-0.1, -0.05) is 42.5 Å². The molecule has 1 heterocycles. The summed E-state index contributed by atoms with van der Waals surface area (Å²) in [7, 11) is -3.53. The Balaban J connectivity index is 1.65. The summed E-state index contributed by atoms with van der Waals surface area (Å²) < 4.78 is 27.9. The normalized spacial score (nSPS) is 17.3. The molecule has 0 saturated carbocycles. The Morgan fingerprint density at radius 1 is 1.04 bits per heavy atom. The van der Waals surface area contributed by atoms with Crippen LogP contribution in [-0.4, -0.2) is 39.5 Å². The summed E-state index contributed by atoms with van der Waals surface area (Å²) in [4.78, 5) is 2.68. The number of nitrogens with one attached hydrogen (secondary N) is 2. The average Bonchev–Trinajstić information content (AvgIpc) is 2.63. The second-order valence-electron chi connectivity index (χ2n) is 6.42. The molecule has 1 aliphatic rings. The van der Waals surface area contributed by atoms with Crippen molar-refractivity contribution in [2.45, 2.75) is 24.4 Å². The zero-order valence-electron chi connectivity index (χ0n) is 14.5. The highest BCUT2D eigenvalue weighted by atomic mass is 32.2. The second-order valence-corrected chi connectivity index (χ2v) is 8.14. The van der Waals surface area contributed by atoms with Crippen molar-refractivity contribution >= 4 is 10.0 Å². The van der Waals surface area contributed by atoms with E-state index in [-0.39, 0.29) is 6.04 Å². The third-order valence-electron chi connectivity index (χ3n) is 4.48. The molecule has 0 amide bonds. The molecule has 1 aliphatic heterocycles. The lowest BCUT2D eigenvalue weighted by molar-refractivity contribution is 0.233. The fourth-order valence-corrected chi connectivity index (χ4v) is 4.24. The van der Waals surface area contributed by atoms with Crippen molar-refractivity contribution in [3.05, 3.63) is 65.7 Å². The van der Waals surface area contributed by atoms with E-state index < -0.39 is 10.0 Å². The first kappa shape index (κ1) is 18.1. The van der Waals surface area contributed by atoms with Crippen LogP contribution in [0.2, 0.25) is 0 Å². The fraction of sp³-hybridized carbons (Fsp3) is 0.368. The van der Waals surface area contributed by atoms with Gasteiger partial charge in [0.05, 0.1) is 4.90 Å². The largest absolute Gasteiger partial charge is 0.314 e. The Hall–Kier alpha value is -1.73. The van der Waals surface area contributed by atoms with E-state index in [0.29, 0.717) is 4.90 Å². The maximum absolute atomic E-state index is 12.6. The molecule has 1 fully saturated rings. The Bertz CT molecular complexity index is 770. The summed E-state index contributed by atoms with van der Waals surface area (Å²) in [6.07, 6.45) is 0. The van der Waals surface area contributed by atoms with Crippen LogP contribution in [-0.2, 0) is 16.6 Å². The van der Waals surface area contributed by atoms with Crippen molar-refractivity contribution in [1.29, 1.82) is 0 Å². The van der Waals surface area contributed by atoms with E-state index in [0.717, 1.165) is 43.9 Å². The van der Waals surface area contributed by atoms with Gasteiger partial charge in [0.2, 0.25) is 10.0 Å². The van der Waals surface area contributed by atoms with Gasteiger partial charge in [-0.05, 0) is 30.2 Å². The molecule has 5 nitrogen and oxygen atoms in total. The molecule has 25 heavy (non-hydrogen) atoms.